The van der Waals surface area contributed by atoms with Gasteiger partial charge in [0, 0.05) is 0 Å². The summed E-state index contributed by atoms with van der Waals surface area (Å²) in [6.45, 7) is 3.93. The molecule has 1 aliphatic carbocycles. The van der Waals surface area contributed by atoms with E-state index in [1.807, 2.05) is 38.1 Å². The van der Waals surface area contributed by atoms with E-state index < -0.39 is 36.4 Å². The number of aromatic nitrogens is 1. The number of benzene rings is 1. The van der Waals surface area contributed by atoms with Crippen LogP contribution in [-0.2, 0) is 25.4 Å². The highest BCUT2D eigenvalue weighted by molar-refractivity contribution is 7.18. The molecule has 194 valence electrons. The van der Waals surface area contributed by atoms with Gasteiger partial charge in [-0.05, 0) is 44.9 Å². The lowest BCUT2D eigenvalue weighted by Crippen LogP contribution is -2.75. The van der Waals surface area contributed by atoms with Gasteiger partial charge in [-0.2, -0.15) is 0 Å². The molecule has 3 aliphatic rings. The highest BCUT2D eigenvalue weighted by atomic mass is 32.1. The third kappa shape index (κ3) is 4.84. The molecule has 5 rings (SSSR count). The summed E-state index contributed by atoms with van der Waals surface area (Å²) in [5.41, 5.74) is 0.864. The number of para-hydroxylation sites is 1. The second-order valence-electron chi connectivity index (χ2n) is 9.60. The van der Waals surface area contributed by atoms with Gasteiger partial charge >= 0.3 is 0 Å². The highest BCUT2D eigenvalue weighted by Gasteiger charge is 2.61. The normalized spacial score (nSPS) is 38.8. The molecule has 2 aromatic rings. The maximum Gasteiger partial charge on any atom is 0.239 e. The molecule has 1 saturated carbocycles. The molecule has 3 fully saturated rings. The first-order chi connectivity index (χ1) is 16.3. The van der Waals surface area contributed by atoms with Crippen LogP contribution in [0.1, 0.15) is 38.1 Å². The molecule has 1 amide bonds. The number of likely N-dealkylation sites (N-methyl/N-ethyl adjacent to an activating group) is 1. The molecule has 0 bridgehead atoms. The maximum absolute atomic E-state index is 13.0. The summed E-state index contributed by atoms with van der Waals surface area (Å²) in [4.78, 5) is 17.5. The molecule has 1 aromatic carbocycles. The molecule has 6 N–H and O–H groups in total. The van der Waals surface area contributed by atoms with Crippen molar-refractivity contribution in [3.8, 4) is 0 Å². The van der Waals surface area contributed by atoms with E-state index in [0.29, 0.717) is 17.8 Å². The third-order valence-corrected chi connectivity index (χ3v) is 8.37. The summed E-state index contributed by atoms with van der Waals surface area (Å²) in [5.74, 6) is -2.07. The molecule has 2 saturated heterocycles. The van der Waals surface area contributed by atoms with Crippen molar-refractivity contribution in [1.82, 2.24) is 15.6 Å². The van der Waals surface area contributed by atoms with E-state index in [1.54, 1.807) is 7.05 Å². The van der Waals surface area contributed by atoms with Crippen molar-refractivity contribution in [3.63, 3.8) is 0 Å². The van der Waals surface area contributed by atoms with Gasteiger partial charge in [0.25, 0.3) is 0 Å². The van der Waals surface area contributed by atoms with E-state index in [1.165, 1.54) is 11.3 Å². The van der Waals surface area contributed by atoms with Crippen LogP contribution in [0.2, 0.25) is 0 Å². The summed E-state index contributed by atoms with van der Waals surface area (Å²) in [6.07, 6.45) is -0.925. The summed E-state index contributed by atoms with van der Waals surface area (Å²) < 4.78 is 19.5. The van der Waals surface area contributed by atoms with Crippen molar-refractivity contribution in [1.29, 1.82) is 0 Å². The monoisotopic (exact) mass is 509 g/mol. The summed E-state index contributed by atoms with van der Waals surface area (Å²) in [6, 6.07) is 6.62. The number of carbonyl (C=O) groups excluding carboxylic acids is 1. The molecule has 3 unspecified atom stereocenters. The smallest absolute Gasteiger partial charge is 0.239 e. The van der Waals surface area contributed by atoms with Gasteiger partial charge in [-0.1, -0.05) is 25.5 Å². The molecule has 9 atom stereocenters. The fourth-order valence-corrected chi connectivity index (χ4v) is 6.50. The van der Waals surface area contributed by atoms with Gasteiger partial charge < -0.3 is 40.5 Å². The summed E-state index contributed by atoms with van der Waals surface area (Å²) in [5, 5.41) is 29.3. The van der Waals surface area contributed by atoms with Crippen molar-refractivity contribution < 1.29 is 34.7 Å². The van der Waals surface area contributed by atoms with Crippen molar-refractivity contribution in [2.24, 2.45) is 5.92 Å². The van der Waals surface area contributed by atoms with E-state index >= 15 is 0 Å². The number of fused-ring (bicyclic) bond motifs is 3. The van der Waals surface area contributed by atoms with Gasteiger partial charge in [0.1, 0.15) is 11.1 Å². The van der Waals surface area contributed by atoms with E-state index in [0.717, 1.165) is 16.6 Å². The maximum atomic E-state index is 13.0. The minimum absolute atomic E-state index is 0. The molecule has 1 aromatic heterocycles. The number of nitrogens with one attached hydrogen (secondary N) is 2. The second-order valence-corrected chi connectivity index (χ2v) is 10.7. The number of amides is 1. The van der Waals surface area contributed by atoms with Crippen LogP contribution in [0.3, 0.4) is 0 Å². The average molecular weight is 510 g/mol. The Kier molecular flexibility index (Phi) is 7.79. The Hall–Kier alpha value is -1.70. The third-order valence-electron chi connectivity index (χ3n) is 7.33. The van der Waals surface area contributed by atoms with Crippen LogP contribution in [0.15, 0.2) is 24.3 Å². The van der Waals surface area contributed by atoms with Crippen LogP contribution in [0.4, 0.5) is 0 Å². The van der Waals surface area contributed by atoms with Gasteiger partial charge in [0.2, 0.25) is 18.0 Å². The number of carbonyl (C=O) groups is 1. The van der Waals surface area contributed by atoms with E-state index in [4.69, 9.17) is 14.2 Å². The van der Waals surface area contributed by atoms with Crippen LogP contribution < -0.4 is 10.6 Å². The molecule has 0 radical (unpaired) electrons. The predicted octanol–water partition coefficient (Wildman–Crippen LogP) is 0.485. The van der Waals surface area contributed by atoms with E-state index in [9.17, 15) is 15.0 Å². The largest absolute Gasteiger partial charge is 0.412 e. The Bertz CT molecular complexity index is 1000. The predicted molar refractivity (Wildman–Crippen MR) is 130 cm³/mol. The Balaban J connectivity index is 0.00000289. The first kappa shape index (κ1) is 26.4. The SMILES string of the molecule is CC[C@H]1CC2OC3O[C@H](C)C[C@@H](NC(=O)Cc4nc5ccccc5s4)[C@]3(O)OC2[C@@H](NC)[C@H]1O.O. The Labute approximate surface area is 208 Å². The summed E-state index contributed by atoms with van der Waals surface area (Å²) >= 11 is 1.48. The van der Waals surface area contributed by atoms with Gasteiger partial charge in [-0.25, -0.2) is 4.98 Å². The van der Waals surface area contributed by atoms with Crippen molar-refractivity contribution in [2.45, 2.75) is 88.1 Å². The second kappa shape index (κ2) is 10.3. The molecule has 35 heavy (non-hydrogen) atoms. The van der Waals surface area contributed by atoms with Crippen LogP contribution in [0.25, 0.3) is 10.2 Å². The summed E-state index contributed by atoms with van der Waals surface area (Å²) in [7, 11) is 1.76. The first-order valence-electron chi connectivity index (χ1n) is 12.0. The van der Waals surface area contributed by atoms with E-state index in [-0.39, 0.29) is 35.9 Å². The number of hydrogen-bond acceptors (Lipinski definition) is 9. The van der Waals surface area contributed by atoms with Crippen LogP contribution in [0, 0.1) is 5.92 Å². The lowest BCUT2D eigenvalue weighted by Gasteiger charge is -2.57. The zero-order valence-electron chi connectivity index (χ0n) is 20.1. The molecule has 11 heteroatoms. The van der Waals surface area contributed by atoms with Gasteiger partial charge in [0.15, 0.2) is 0 Å². The van der Waals surface area contributed by atoms with Crippen molar-refractivity contribution in [2.75, 3.05) is 7.05 Å². The number of nitrogens with zero attached hydrogens (tertiary/aromatic N) is 1. The van der Waals surface area contributed by atoms with Crippen LogP contribution >= 0.6 is 11.3 Å². The lowest BCUT2D eigenvalue weighted by atomic mass is 9.77. The minimum atomic E-state index is -1.87. The quantitative estimate of drug-likeness (QED) is 0.454. The Morgan fingerprint density at radius 2 is 2.06 bits per heavy atom. The lowest BCUT2D eigenvalue weighted by molar-refractivity contribution is -0.443. The number of aliphatic hydroxyl groups is 2. The van der Waals surface area contributed by atoms with Crippen molar-refractivity contribution >= 4 is 27.5 Å². The van der Waals surface area contributed by atoms with E-state index in [2.05, 4.69) is 15.6 Å². The van der Waals surface area contributed by atoms with Gasteiger partial charge in [-0.3, -0.25) is 4.79 Å². The van der Waals surface area contributed by atoms with Crippen molar-refractivity contribution in [3.05, 3.63) is 29.3 Å². The minimum Gasteiger partial charge on any atom is -0.412 e. The van der Waals surface area contributed by atoms with Crippen LogP contribution in [0.5, 0.6) is 0 Å². The fraction of sp³-hybridized carbons (Fsp3) is 0.667. The topological polar surface area (TPSA) is 154 Å². The average Bonchev–Trinajstić information content (AvgIpc) is 3.20. The van der Waals surface area contributed by atoms with Gasteiger partial charge in [0.05, 0.1) is 47.0 Å². The zero-order chi connectivity index (χ0) is 24.0. The molecular weight excluding hydrogens is 474 g/mol. The number of thiazole rings is 1. The molecule has 0 spiro atoms. The number of hydrogen-bond donors (Lipinski definition) is 4. The Morgan fingerprint density at radius 3 is 2.77 bits per heavy atom. The number of ether oxygens (including phenoxy) is 3. The molecular formula is C24H35N3O7S. The molecule has 10 nitrogen and oxygen atoms in total. The zero-order valence-corrected chi connectivity index (χ0v) is 21.0. The fourth-order valence-electron chi connectivity index (χ4n) is 5.53. The standard InChI is InChI=1S/C24H33N3O6S.H2O/c1-4-13-10-15-22(20(25-3)21(13)29)33-24(30)17(9-12(2)31-23(24)32-15)27-18(28)11-19-26-14-7-5-6-8-16(14)34-19;/h5-8,12-13,15,17,20-23,25,29-30H,4,9-11H2,1-3H3,(H,27,28);1H2/t12-,13+,15?,17-,20+,21+,22?,23?,24+;/m1./s1. The highest BCUT2D eigenvalue weighted by Crippen LogP contribution is 2.43. The molecule has 2 aliphatic heterocycles. The number of rotatable bonds is 5. The van der Waals surface area contributed by atoms with Crippen LogP contribution in [-0.4, -0.2) is 82.2 Å². The van der Waals surface area contributed by atoms with Gasteiger partial charge in [-0.15, -0.1) is 11.3 Å². The number of aliphatic hydroxyl groups excluding tert-OH is 1. The first-order valence-corrected chi connectivity index (χ1v) is 12.8. The molecule has 3 heterocycles. The Morgan fingerprint density at radius 1 is 1.29 bits per heavy atom.